The zero-order valence-electron chi connectivity index (χ0n) is 13.9. The molecule has 130 valence electrons. The first-order valence-electron chi connectivity index (χ1n) is 8.20. The second kappa shape index (κ2) is 7.04. The van der Waals surface area contributed by atoms with Crippen molar-refractivity contribution in [3.8, 4) is 0 Å². The van der Waals surface area contributed by atoms with Gasteiger partial charge in [-0.3, -0.25) is 0 Å². The Balaban J connectivity index is 1.88. The van der Waals surface area contributed by atoms with Crippen LogP contribution in [0.25, 0.3) is 0 Å². The van der Waals surface area contributed by atoms with Gasteiger partial charge < -0.3 is 9.30 Å². The highest BCUT2D eigenvalue weighted by atomic mass is 32.2. The van der Waals surface area contributed by atoms with Crippen LogP contribution in [0.15, 0.2) is 47.9 Å². The van der Waals surface area contributed by atoms with Gasteiger partial charge in [-0.15, -0.1) is 0 Å². The molecule has 0 aliphatic carbocycles. The van der Waals surface area contributed by atoms with E-state index in [4.69, 9.17) is 4.74 Å². The molecule has 1 saturated heterocycles. The van der Waals surface area contributed by atoms with Crippen molar-refractivity contribution >= 4 is 10.0 Å². The monoisotopic (exact) mass is 349 g/mol. The molecule has 0 radical (unpaired) electrons. The largest absolute Gasteiger partial charge is 0.376 e. The van der Waals surface area contributed by atoms with E-state index in [2.05, 4.69) is 9.71 Å². The summed E-state index contributed by atoms with van der Waals surface area (Å²) in [6.45, 7) is 4.62. The fraction of sp³-hybridized carbons (Fsp3) is 0.471. The quantitative estimate of drug-likeness (QED) is 0.870. The second-order valence-electron chi connectivity index (χ2n) is 6.31. The van der Waals surface area contributed by atoms with E-state index in [1.807, 2.05) is 44.2 Å². The van der Waals surface area contributed by atoms with E-state index in [0.29, 0.717) is 6.61 Å². The Morgan fingerprint density at radius 1 is 1.29 bits per heavy atom. The number of imidazole rings is 1. The molecule has 3 rings (SSSR count). The van der Waals surface area contributed by atoms with Crippen molar-refractivity contribution in [3.05, 3.63) is 48.4 Å². The maximum Gasteiger partial charge on any atom is 0.260 e. The number of aromatic nitrogens is 2. The van der Waals surface area contributed by atoms with Crippen LogP contribution in [0.4, 0.5) is 0 Å². The molecule has 2 atom stereocenters. The third kappa shape index (κ3) is 3.68. The molecule has 0 unspecified atom stereocenters. The lowest BCUT2D eigenvalue weighted by atomic mass is 10.0. The maximum absolute atomic E-state index is 12.8. The van der Waals surface area contributed by atoms with Gasteiger partial charge in [-0.25, -0.2) is 13.4 Å². The molecule has 0 bridgehead atoms. The lowest BCUT2D eigenvalue weighted by Gasteiger charge is -2.24. The third-order valence-corrected chi connectivity index (χ3v) is 5.55. The second-order valence-corrected chi connectivity index (χ2v) is 7.97. The highest BCUT2D eigenvalue weighted by Crippen LogP contribution is 2.28. The number of benzene rings is 1. The average Bonchev–Trinajstić information content (AvgIpc) is 3.25. The lowest BCUT2D eigenvalue weighted by molar-refractivity contribution is 0.0852. The summed E-state index contributed by atoms with van der Waals surface area (Å²) in [4.78, 5) is 4.05. The van der Waals surface area contributed by atoms with Crippen LogP contribution >= 0.6 is 0 Å². The highest BCUT2D eigenvalue weighted by molar-refractivity contribution is 7.89. The van der Waals surface area contributed by atoms with Gasteiger partial charge in [-0.1, -0.05) is 30.3 Å². The van der Waals surface area contributed by atoms with Crippen LogP contribution in [-0.4, -0.2) is 30.7 Å². The molecular weight excluding hydrogens is 326 g/mol. The molecule has 1 fully saturated rings. The first-order chi connectivity index (χ1) is 11.5. The van der Waals surface area contributed by atoms with Crippen LogP contribution in [0.5, 0.6) is 0 Å². The summed E-state index contributed by atoms with van der Waals surface area (Å²) in [7, 11) is -3.72. The Morgan fingerprint density at radius 2 is 2.04 bits per heavy atom. The molecule has 7 heteroatoms. The number of hydrogen-bond acceptors (Lipinski definition) is 4. The number of nitrogens with one attached hydrogen (secondary N) is 1. The molecule has 0 amide bonds. The molecule has 2 aromatic rings. The van der Waals surface area contributed by atoms with Gasteiger partial charge in [0.1, 0.15) is 0 Å². The number of rotatable bonds is 6. The molecule has 1 aromatic carbocycles. The lowest BCUT2D eigenvalue weighted by Crippen LogP contribution is -2.36. The minimum Gasteiger partial charge on any atom is -0.376 e. The van der Waals surface area contributed by atoms with Crippen molar-refractivity contribution in [2.75, 3.05) is 6.61 Å². The molecule has 1 N–H and O–H groups in total. The first kappa shape index (κ1) is 17.1. The Kier molecular flexibility index (Phi) is 5.03. The number of ether oxygens (including phenoxy) is 1. The van der Waals surface area contributed by atoms with Crippen molar-refractivity contribution in [2.45, 2.75) is 49.9 Å². The Bertz CT molecular complexity index is 765. The van der Waals surface area contributed by atoms with E-state index < -0.39 is 16.1 Å². The predicted octanol–water partition coefficient (Wildman–Crippen LogP) is 2.66. The van der Waals surface area contributed by atoms with E-state index in [0.717, 1.165) is 18.4 Å². The van der Waals surface area contributed by atoms with Gasteiger partial charge in [0.25, 0.3) is 10.0 Å². The number of sulfonamides is 1. The molecule has 6 nitrogen and oxygen atoms in total. The minimum absolute atomic E-state index is 0.0372. The van der Waals surface area contributed by atoms with E-state index >= 15 is 0 Å². The summed E-state index contributed by atoms with van der Waals surface area (Å²) in [5.74, 6) is 0. The van der Waals surface area contributed by atoms with Crippen LogP contribution < -0.4 is 4.72 Å². The third-order valence-electron chi connectivity index (χ3n) is 4.23. The molecule has 0 spiro atoms. The maximum atomic E-state index is 12.8. The summed E-state index contributed by atoms with van der Waals surface area (Å²) in [6.07, 6.45) is 4.72. The van der Waals surface area contributed by atoms with Crippen molar-refractivity contribution in [1.29, 1.82) is 0 Å². The fourth-order valence-corrected chi connectivity index (χ4v) is 4.04. The Hall–Kier alpha value is -1.70. The van der Waals surface area contributed by atoms with Crippen LogP contribution in [0.2, 0.25) is 0 Å². The summed E-state index contributed by atoms with van der Waals surface area (Å²) < 4.78 is 35.8. The molecule has 1 aliphatic rings. The van der Waals surface area contributed by atoms with Crippen LogP contribution in [-0.2, 0) is 14.8 Å². The summed E-state index contributed by atoms with van der Waals surface area (Å²) >= 11 is 0. The van der Waals surface area contributed by atoms with E-state index in [9.17, 15) is 8.42 Å². The zero-order valence-corrected chi connectivity index (χ0v) is 14.7. The van der Waals surface area contributed by atoms with Gasteiger partial charge >= 0.3 is 0 Å². The van der Waals surface area contributed by atoms with Gasteiger partial charge in [0, 0.05) is 18.8 Å². The fourth-order valence-electron chi connectivity index (χ4n) is 2.85. The number of nitrogens with zero attached hydrogens (tertiary/aromatic N) is 2. The van der Waals surface area contributed by atoms with Gasteiger partial charge in [-0.2, -0.15) is 4.72 Å². The minimum atomic E-state index is -3.72. The number of hydrogen-bond donors (Lipinski definition) is 1. The van der Waals surface area contributed by atoms with E-state index in [1.54, 1.807) is 17.1 Å². The molecule has 1 aromatic heterocycles. The standard InChI is InChI=1S/C17H23N3O3S/c1-13(2)20-11-16(18-12-20)24(21,22)19-17(15-9-6-10-23-15)14-7-4-3-5-8-14/h3-5,7-8,11-13,15,17,19H,6,9-10H2,1-2H3/t15-,17-/m0/s1. The van der Waals surface area contributed by atoms with Crippen molar-refractivity contribution < 1.29 is 13.2 Å². The Morgan fingerprint density at radius 3 is 2.62 bits per heavy atom. The van der Waals surface area contributed by atoms with Gasteiger partial charge in [0.15, 0.2) is 5.03 Å². The van der Waals surface area contributed by atoms with Crippen molar-refractivity contribution in [3.63, 3.8) is 0 Å². The van der Waals surface area contributed by atoms with E-state index in [-0.39, 0.29) is 17.2 Å². The molecule has 1 aliphatic heterocycles. The van der Waals surface area contributed by atoms with Gasteiger partial charge in [0.2, 0.25) is 0 Å². The normalized spacial score (nSPS) is 19.7. The molecular formula is C17H23N3O3S. The first-order valence-corrected chi connectivity index (χ1v) is 9.68. The topological polar surface area (TPSA) is 73.2 Å². The summed E-state index contributed by atoms with van der Waals surface area (Å²) in [6, 6.07) is 9.29. The van der Waals surface area contributed by atoms with Crippen LogP contribution in [0.3, 0.4) is 0 Å². The Labute approximate surface area is 142 Å². The van der Waals surface area contributed by atoms with Crippen LogP contribution in [0, 0.1) is 0 Å². The highest BCUT2D eigenvalue weighted by Gasteiger charge is 2.32. The summed E-state index contributed by atoms with van der Waals surface area (Å²) in [5, 5.41) is 0.0372. The van der Waals surface area contributed by atoms with Crippen molar-refractivity contribution in [1.82, 2.24) is 14.3 Å². The SMILES string of the molecule is CC(C)n1cnc(S(=O)(=O)N[C@@H](c2ccccc2)[C@@H]2CCCO2)c1. The molecule has 2 heterocycles. The summed E-state index contributed by atoms with van der Waals surface area (Å²) in [5.41, 5.74) is 0.899. The molecule has 0 saturated carbocycles. The van der Waals surface area contributed by atoms with E-state index in [1.165, 1.54) is 0 Å². The average molecular weight is 349 g/mol. The molecule has 24 heavy (non-hydrogen) atoms. The van der Waals surface area contributed by atoms with Crippen LogP contribution in [0.1, 0.15) is 44.3 Å². The smallest absolute Gasteiger partial charge is 0.260 e. The van der Waals surface area contributed by atoms with Gasteiger partial charge in [-0.05, 0) is 32.3 Å². The van der Waals surface area contributed by atoms with Crippen molar-refractivity contribution in [2.24, 2.45) is 0 Å². The van der Waals surface area contributed by atoms with Gasteiger partial charge in [0.05, 0.1) is 18.5 Å². The predicted molar refractivity (Wildman–Crippen MR) is 91.1 cm³/mol. The zero-order chi connectivity index (χ0) is 17.2.